The van der Waals surface area contributed by atoms with Gasteiger partial charge < -0.3 is 15.2 Å². The lowest BCUT2D eigenvalue weighted by Crippen LogP contribution is -2.45. The molecule has 3 aromatic rings. The first-order chi connectivity index (χ1) is 13.6. The van der Waals surface area contributed by atoms with E-state index in [1.165, 1.54) is 0 Å². The van der Waals surface area contributed by atoms with Crippen LogP contribution in [0.3, 0.4) is 0 Å². The number of fused-ring (bicyclic) bond motifs is 1. The fourth-order valence-corrected chi connectivity index (χ4v) is 3.93. The van der Waals surface area contributed by atoms with Crippen LogP contribution in [0.2, 0.25) is 5.02 Å². The average Bonchev–Trinajstić information content (AvgIpc) is 3.16. The van der Waals surface area contributed by atoms with Crippen molar-refractivity contribution in [3.8, 4) is 0 Å². The zero-order chi connectivity index (χ0) is 19.5. The van der Waals surface area contributed by atoms with Gasteiger partial charge in [-0.15, -0.1) is 0 Å². The molecule has 1 fully saturated rings. The highest BCUT2D eigenvalue weighted by Crippen LogP contribution is 2.21. The maximum absolute atomic E-state index is 12.9. The van der Waals surface area contributed by atoms with E-state index >= 15 is 0 Å². The number of amides is 2. The standard InChI is InChI=1S/C22H22ClN3O2/c23-18-8-3-5-15(11-18)13-24-21(27)17-7-4-10-26(14-17)22(28)20-12-16-6-1-2-9-19(16)25-20/h1-3,5-6,8-9,11-12,17,25H,4,7,10,13-14H2,(H,24,27)/t17-/m1/s1. The average molecular weight is 396 g/mol. The first-order valence-electron chi connectivity index (χ1n) is 9.49. The number of carbonyl (C=O) groups is 2. The van der Waals surface area contributed by atoms with E-state index in [0.717, 1.165) is 29.3 Å². The number of benzene rings is 2. The number of hydrogen-bond acceptors (Lipinski definition) is 2. The van der Waals surface area contributed by atoms with E-state index in [-0.39, 0.29) is 17.7 Å². The monoisotopic (exact) mass is 395 g/mol. The molecule has 2 heterocycles. The summed E-state index contributed by atoms with van der Waals surface area (Å²) in [5.74, 6) is -0.265. The fraction of sp³-hybridized carbons (Fsp3) is 0.273. The fourth-order valence-electron chi connectivity index (χ4n) is 3.71. The van der Waals surface area contributed by atoms with Crippen LogP contribution in [0, 0.1) is 5.92 Å². The Hall–Kier alpha value is -2.79. The van der Waals surface area contributed by atoms with Crippen molar-refractivity contribution in [3.63, 3.8) is 0 Å². The summed E-state index contributed by atoms with van der Waals surface area (Å²) in [6.07, 6.45) is 1.61. The van der Waals surface area contributed by atoms with Gasteiger partial charge in [-0.2, -0.15) is 0 Å². The number of carbonyl (C=O) groups excluding carboxylic acids is 2. The van der Waals surface area contributed by atoms with Crippen molar-refractivity contribution in [2.45, 2.75) is 19.4 Å². The second kappa shape index (κ2) is 8.07. The van der Waals surface area contributed by atoms with Gasteiger partial charge in [-0.3, -0.25) is 9.59 Å². The summed E-state index contributed by atoms with van der Waals surface area (Å²) in [4.78, 5) is 30.5. The minimum atomic E-state index is -0.193. The van der Waals surface area contributed by atoms with Crippen LogP contribution < -0.4 is 5.32 Å². The van der Waals surface area contributed by atoms with Gasteiger partial charge in [-0.25, -0.2) is 0 Å². The third-order valence-corrected chi connectivity index (χ3v) is 5.43. The van der Waals surface area contributed by atoms with Crippen molar-refractivity contribution in [1.82, 2.24) is 15.2 Å². The van der Waals surface area contributed by atoms with Crippen molar-refractivity contribution in [1.29, 1.82) is 0 Å². The first-order valence-corrected chi connectivity index (χ1v) is 9.87. The van der Waals surface area contributed by atoms with Crippen LogP contribution >= 0.6 is 11.6 Å². The first kappa shape index (κ1) is 18.6. The highest BCUT2D eigenvalue weighted by molar-refractivity contribution is 6.30. The molecule has 0 unspecified atom stereocenters. The number of nitrogens with zero attached hydrogens (tertiary/aromatic N) is 1. The molecule has 1 aliphatic heterocycles. The Bertz CT molecular complexity index is 981. The number of H-pyrrole nitrogens is 1. The molecule has 1 aliphatic rings. The lowest BCUT2D eigenvalue weighted by atomic mass is 9.96. The van der Waals surface area contributed by atoms with Gasteiger partial charge in [0.1, 0.15) is 5.69 Å². The number of likely N-dealkylation sites (tertiary alicyclic amines) is 1. The van der Waals surface area contributed by atoms with Crippen molar-refractivity contribution >= 4 is 34.3 Å². The molecule has 0 bridgehead atoms. The topological polar surface area (TPSA) is 65.2 Å². The van der Waals surface area contributed by atoms with E-state index in [1.807, 2.05) is 54.6 Å². The molecule has 0 aliphatic carbocycles. The van der Waals surface area contributed by atoms with Crippen LogP contribution in [-0.4, -0.2) is 34.8 Å². The third-order valence-electron chi connectivity index (χ3n) is 5.20. The van der Waals surface area contributed by atoms with E-state index in [0.29, 0.717) is 30.4 Å². The van der Waals surface area contributed by atoms with E-state index in [9.17, 15) is 9.59 Å². The number of aromatic nitrogens is 1. The van der Waals surface area contributed by atoms with Crippen molar-refractivity contribution in [2.24, 2.45) is 5.92 Å². The molecule has 2 amide bonds. The lowest BCUT2D eigenvalue weighted by molar-refractivity contribution is -0.126. The maximum Gasteiger partial charge on any atom is 0.270 e. The van der Waals surface area contributed by atoms with E-state index < -0.39 is 0 Å². The molecule has 2 N–H and O–H groups in total. The Kier molecular flexibility index (Phi) is 5.35. The van der Waals surface area contributed by atoms with Crippen LogP contribution in [0.4, 0.5) is 0 Å². The van der Waals surface area contributed by atoms with Gasteiger partial charge in [-0.1, -0.05) is 41.9 Å². The van der Waals surface area contributed by atoms with Crippen molar-refractivity contribution in [2.75, 3.05) is 13.1 Å². The smallest absolute Gasteiger partial charge is 0.270 e. The summed E-state index contributed by atoms with van der Waals surface area (Å²) in [6, 6.07) is 17.1. The number of aromatic amines is 1. The zero-order valence-corrected chi connectivity index (χ0v) is 16.2. The van der Waals surface area contributed by atoms with Crippen molar-refractivity contribution < 1.29 is 9.59 Å². The van der Waals surface area contributed by atoms with Crippen LogP contribution in [0.5, 0.6) is 0 Å². The Balaban J connectivity index is 1.39. The molecule has 4 rings (SSSR count). The van der Waals surface area contributed by atoms with E-state index in [2.05, 4.69) is 10.3 Å². The van der Waals surface area contributed by atoms with Gasteiger partial charge in [-0.05, 0) is 42.7 Å². The summed E-state index contributed by atoms with van der Waals surface area (Å²) >= 11 is 5.99. The van der Waals surface area contributed by atoms with Gasteiger partial charge in [0.05, 0.1) is 5.92 Å². The van der Waals surface area contributed by atoms with Gasteiger partial charge >= 0.3 is 0 Å². The summed E-state index contributed by atoms with van der Waals surface area (Å²) in [5, 5.41) is 4.64. The number of halogens is 1. The predicted octanol–water partition coefficient (Wildman–Crippen LogP) is 3.99. The van der Waals surface area contributed by atoms with E-state index in [1.54, 1.807) is 4.90 Å². The minimum Gasteiger partial charge on any atom is -0.352 e. The number of rotatable bonds is 4. The molecule has 6 heteroatoms. The summed E-state index contributed by atoms with van der Waals surface area (Å²) in [5.41, 5.74) is 2.47. The Morgan fingerprint density at radius 3 is 2.82 bits per heavy atom. The van der Waals surface area contributed by atoms with Gasteiger partial charge in [0.25, 0.3) is 5.91 Å². The second-order valence-corrected chi connectivity index (χ2v) is 7.64. The molecule has 1 aromatic heterocycles. The highest BCUT2D eigenvalue weighted by atomic mass is 35.5. The third kappa shape index (κ3) is 4.04. The van der Waals surface area contributed by atoms with E-state index in [4.69, 9.17) is 11.6 Å². The van der Waals surface area contributed by atoms with Gasteiger partial charge in [0, 0.05) is 35.6 Å². The van der Waals surface area contributed by atoms with Crippen LogP contribution in [-0.2, 0) is 11.3 Å². The molecule has 2 aromatic carbocycles. The Morgan fingerprint density at radius 1 is 1.14 bits per heavy atom. The maximum atomic E-state index is 12.9. The number of nitrogens with one attached hydrogen (secondary N) is 2. The quantitative estimate of drug-likeness (QED) is 0.701. The molecule has 0 spiro atoms. The molecule has 1 atom stereocenters. The molecule has 28 heavy (non-hydrogen) atoms. The lowest BCUT2D eigenvalue weighted by Gasteiger charge is -2.31. The van der Waals surface area contributed by atoms with Crippen LogP contribution in [0.15, 0.2) is 54.6 Å². The highest BCUT2D eigenvalue weighted by Gasteiger charge is 2.29. The summed E-state index contributed by atoms with van der Waals surface area (Å²) < 4.78 is 0. The van der Waals surface area contributed by atoms with Crippen LogP contribution in [0.1, 0.15) is 28.9 Å². The number of para-hydroxylation sites is 1. The van der Waals surface area contributed by atoms with Crippen molar-refractivity contribution in [3.05, 3.63) is 70.9 Å². The molecule has 0 radical (unpaired) electrons. The summed E-state index contributed by atoms with van der Waals surface area (Å²) in [6.45, 7) is 1.55. The number of hydrogen-bond donors (Lipinski definition) is 2. The molecule has 144 valence electrons. The van der Waals surface area contributed by atoms with Crippen LogP contribution in [0.25, 0.3) is 10.9 Å². The molecule has 5 nitrogen and oxygen atoms in total. The Morgan fingerprint density at radius 2 is 2.00 bits per heavy atom. The molecule has 0 saturated carbocycles. The molecular weight excluding hydrogens is 374 g/mol. The second-order valence-electron chi connectivity index (χ2n) is 7.21. The molecule has 1 saturated heterocycles. The Labute approximate surface area is 168 Å². The number of piperidine rings is 1. The van der Waals surface area contributed by atoms with Gasteiger partial charge in [0.2, 0.25) is 5.91 Å². The van der Waals surface area contributed by atoms with Gasteiger partial charge in [0.15, 0.2) is 0 Å². The molecular formula is C22H22ClN3O2. The minimum absolute atomic E-state index is 0.0193. The normalized spacial score (nSPS) is 16.9. The predicted molar refractivity (Wildman–Crippen MR) is 110 cm³/mol. The summed E-state index contributed by atoms with van der Waals surface area (Å²) in [7, 11) is 0. The zero-order valence-electron chi connectivity index (χ0n) is 15.5. The SMILES string of the molecule is O=C(NCc1cccc(Cl)c1)[C@@H]1CCCN(C(=O)c2cc3ccccc3[nH]2)C1. The largest absolute Gasteiger partial charge is 0.352 e.